The van der Waals surface area contributed by atoms with Crippen molar-refractivity contribution in [3.05, 3.63) is 24.4 Å². The van der Waals surface area contributed by atoms with E-state index >= 15 is 0 Å². The van der Waals surface area contributed by atoms with Crippen LogP contribution in [0.3, 0.4) is 0 Å². The molecule has 0 aromatic carbocycles. The standard InChI is InChI=1S/C13H19NO3/c1-3-9-14(11-7-5-4-6-8-11)12(15)10-13(16)17-2/h3,7H,1,4-6,8-10H2,2H3. The molecule has 0 unspecified atom stereocenters. The third-order valence-corrected chi connectivity index (χ3v) is 2.75. The average molecular weight is 237 g/mol. The quantitative estimate of drug-likeness (QED) is 0.417. The molecule has 1 aliphatic carbocycles. The molecule has 4 heteroatoms. The molecular formula is C13H19NO3. The van der Waals surface area contributed by atoms with Crippen LogP contribution in [-0.2, 0) is 14.3 Å². The molecule has 94 valence electrons. The normalized spacial score (nSPS) is 14.8. The summed E-state index contributed by atoms with van der Waals surface area (Å²) in [6.07, 6.45) is 7.67. The first-order valence-corrected chi connectivity index (χ1v) is 5.86. The second kappa shape index (κ2) is 6.89. The Bertz CT molecular complexity index is 334. The van der Waals surface area contributed by atoms with Crippen molar-refractivity contribution in [1.82, 2.24) is 4.90 Å². The van der Waals surface area contributed by atoms with Crippen molar-refractivity contribution in [3.63, 3.8) is 0 Å². The Morgan fingerprint density at radius 1 is 1.53 bits per heavy atom. The van der Waals surface area contributed by atoms with Crippen LogP contribution in [0.4, 0.5) is 0 Å². The van der Waals surface area contributed by atoms with Crippen molar-refractivity contribution in [2.45, 2.75) is 32.1 Å². The third-order valence-electron chi connectivity index (χ3n) is 2.75. The molecule has 0 heterocycles. The van der Waals surface area contributed by atoms with E-state index in [0.717, 1.165) is 31.4 Å². The maximum atomic E-state index is 11.9. The molecule has 0 radical (unpaired) electrons. The van der Waals surface area contributed by atoms with E-state index < -0.39 is 5.97 Å². The second-order valence-corrected chi connectivity index (χ2v) is 3.99. The van der Waals surface area contributed by atoms with E-state index in [0.29, 0.717) is 6.54 Å². The number of ether oxygens (including phenoxy) is 1. The lowest BCUT2D eigenvalue weighted by Crippen LogP contribution is -2.32. The van der Waals surface area contributed by atoms with E-state index in [9.17, 15) is 9.59 Å². The molecule has 17 heavy (non-hydrogen) atoms. The van der Waals surface area contributed by atoms with E-state index in [4.69, 9.17) is 0 Å². The number of carbonyl (C=O) groups excluding carboxylic acids is 2. The molecule has 0 saturated heterocycles. The van der Waals surface area contributed by atoms with Gasteiger partial charge in [0, 0.05) is 12.2 Å². The predicted octanol–water partition coefficient (Wildman–Crippen LogP) is 2.02. The number of hydrogen-bond acceptors (Lipinski definition) is 3. The van der Waals surface area contributed by atoms with E-state index in [1.165, 1.54) is 7.11 Å². The summed E-state index contributed by atoms with van der Waals surface area (Å²) in [4.78, 5) is 24.7. The maximum Gasteiger partial charge on any atom is 0.315 e. The summed E-state index contributed by atoms with van der Waals surface area (Å²) in [5, 5.41) is 0. The van der Waals surface area contributed by atoms with Gasteiger partial charge in [0.25, 0.3) is 0 Å². The van der Waals surface area contributed by atoms with Crippen molar-refractivity contribution < 1.29 is 14.3 Å². The Morgan fingerprint density at radius 2 is 2.29 bits per heavy atom. The number of esters is 1. The summed E-state index contributed by atoms with van der Waals surface area (Å²) < 4.78 is 4.50. The highest BCUT2D eigenvalue weighted by Crippen LogP contribution is 2.21. The van der Waals surface area contributed by atoms with Gasteiger partial charge in [0.15, 0.2) is 0 Å². The van der Waals surface area contributed by atoms with Gasteiger partial charge in [0.05, 0.1) is 7.11 Å². The molecule has 1 aliphatic rings. The number of carbonyl (C=O) groups is 2. The van der Waals surface area contributed by atoms with Gasteiger partial charge in [-0.3, -0.25) is 9.59 Å². The molecule has 0 saturated carbocycles. The molecule has 0 aromatic rings. The topological polar surface area (TPSA) is 46.6 Å². The number of allylic oxidation sites excluding steroid dienone is 2. The molecule has 1 rings (SSSR count). The largest absolute Gasteiger partial charge is 0.469 e. The number of methoxy groups -OCH3 is 1. The van der Waals surface area contributed by atoms with Gasteiger partial charge >= 0.3 is 5.97 Å². The monoisotopic (exact) mass is 237 g/mol. The lowest BCUT2D eigenvalue weighted by Gasteiger charge is -2.26. The van der Waals surface area contributed by atoms with Crippen molar-refractivity contribution in [2.75, 3.05) is 13.7 Å². The van der Waals surface area contributed by atoms with Gasteiger partial charge < -0.3 is 9.64 Å². The minimum Gasteiger partial charge on any atom is -0.469 e. The van der Waals surface area contributed by atoms with Crippen LogP contribution >= 0.6 is 0 Å². The summed E-state index contributed by atoms with van der Waals surface area (Å²) in [6, 6.07) is 0. The molecule has 0 bridgehead atoms. The molecule has 0 atom stereocenters. The fourth-order valence-corrected chi connectivity index (χ4v) is 1.87. The minimum absolute atomic E-state index is 0.207. The lowest BCUT2D eigenvalue weighted by atomic mass is 10.0. The van der Waals surface area contributed by atoms with E-state index in [1.807, 2.05) is 0 Å². The SMILES string of the molecule is C=CCN(C(=O)CC(=O)OC)C1=CCCCC1. The Kier molecular flexibility index (Phi) is 5.46. The van der Waals surface area contributed by atoms with Gasteiger partial charge in [-0.25, -0.2) is 0 Å². The Labute approximate surface area is 102 Å². The van der Waals surface area contributed by atoms with Crippen molar-refractivity contribution >= 4 is 11.9 Å². The highest BCUT2D eigenvalue weighted by molar-refractivity contribution is 5.95. The van der Waals surface area contributed by atoms with Gasteiger partial charge in [0.2, 0.25) is 5.91 Å². The van der Waals surface area contributed by atoms with Crippen LogP contribution in [0.1, 0.15) is 32.1 Å². The third kappa shape index (κ3) is 4.06. The first kappa shape index (κ1) is 13.5. The van der Waals surface area contributed by atoms with Crippen molar-refractivity contribution in [1.29, 1.82) is 0 Å². The Morgan fingerprint density at radius 3 is 2.82 bits per heavy atom. The van der Waals surface area contributed by atoms with Crippen LogP contribution in [0.2, 0.25) is 0 Å². The minimum atomic E-state index is -0.500. The molecule has 0 aliphatic heterocycles. The van der Waals surface area contributed by atoms with Gasteiger partial charge in [0.1, 0.15) is 6.42 Å². The first-order chi connectivity index (χ1) is 8.19. The zero-order valence-electron chi connectivity index (χ0n) is 10.3. The van der Waals surface area contributed by atoms with Crippen LogP contribution in [0, 0.1) is 0 Å². The predicted molar refractivity (Wildman–Crippen MR) is 65.1 cm³/mol. The maximum absolute atomic E-state index is 11.9. The fourth-order valence-electron chi connectivity index (χ4n) is 1.87. The molecule has 0 N–H and O–H groups in total. The number of amides is 1. The molecule has 4 nitrogen and oxygen atoms in total. The van der Waals surface area contributed by atoms with E-state index in [-0.39, 0.29) is 12.3 Å². The fraction of sp³-hybridized carbons (Fsp3) is 0.538. The van der Waals surface area contributed by atoms with Crippen LogP contribution in [0.15, 0.2) is 24.4 Å². The van der Waals surface area contributed by atoms with E-state index in [1.54, 1.807) is 11.0 Å². The summed E-state index contributed by atoms with van der Waals surface area (Å²) in [7, 11) is 1.29. The summed E-state index contributed by atoms with van der Waals surface area (Å²) in [5.74, 6) is -0.717. The lowest BCUT2D eigenvalue weighted by molar-refractivity contribution is -0.146. The van der Waals surface area contributed by atoms with Crippen LogP contribution in [0.5, 0.6) is 0 Å². The van der Waals surface area contributed by atoms with Gasteiger partial charge in [-0.05, 0) is 25.7 Å². The first-order valence-electron chi connectivity index (χ1n) is 5.86. The highest BCUT2D eigenvalue weighted by Gasteiger charge is 2.20. The van der Waals surface area contributed by atoms with Crippen LogP contribution in [-0.4, -0.2) is 30.4 Å². The second-order valence-electron chi connectivity index (χ2n) is 3.99. The zero-order chi connectivity index (χ0) is 12.7. The summed E-state index contributed by atoms with van der Waals surface area (Å²) >= 11 is 0. The smallest absolute Gasteiger partial charge is 0.315 e. The number of rotatable bonds is 5. The summed E-state index contributed by atoms with van der Waals surface area (Å²) in [6.45, 7) is 4.09. The summed E-state index contributed by atoms with van der Waals surface area (Å²) in [5.41, 5.74) is 1.00. The van der Waals surface area contributed by atoms with E-state index in [2.05, 4.69) is 17.4 Å². The van der Waals surface area contributed by atoms with Crippen molar-refractivity contribution in [3.8, 4) is 0 Å². The Hall–Kier alpha value is -1.58. The molecule has 0 spiro atoms. The van der Waals surface area contributed by atoms with Crippen LogP contribution < -0.4 is 0 Å². The average Bonchev–Trinajstić information content (AvgIpc) is 2.36. The number of hydrogen-bond donors (Lipinski definition) is 0. The zero-order valence-corrected chi connectivity index (χ0v) is 10.3. The molecule has 0 fully saturated rings. The Balaban J connectivity index is 2.70. The highest BCUT2D eigenvalue weighted by atomic mass is 16.5. The molecule has 1 amide bonds. The molecular weight excluding hydrogens is 218 g/mol. The van der Waals surface area contributed by atoms with Crippen molar-refractivity contribution in [2.24, 2.45) is 0 Å². The van der Waals surface area contributed by atoms with Gasteiger partial charge in [-0.1, -0.05) is 12.2 Å². The number of nitrogens with zero attached hydrogens (tertiary/aromatic N) is 1. The molecule has 0 aromatic heterocycles. The van der Waals surface area contributed by atoms with Crippen LogP contribution in [0.25, 0.3) is 0 Å². The van der Waals surface area contributed by atoms with Gasteiger partial charge in [-0.2, -0.15) is 0 Å². The van der Waals surface area contributed by atoms with Gasteiger partial charge in [-0.15, -0.1) is 6.58 Å².